The van der Waals surface area contributed by atoms with E-state index in [1.165, 1.54) is 12.1 Å². The van der Waals surface area contributed by atoms with Gasteiger partial charge >= 0.3 is 6.03 Å². The molecule has 0 unspecified atom stereocenters. The first-order valence-corrected chi connectivity index (χ1v) is 6.21. The van der Waals surface area contributed by atoms with Gasteiger partial charge in [-0.05, 0) is 30.3 Å². The SMILES string of the molecule is O=C(Nc1cccc(C#CCO)c1)Nc1ccccc1F. The van der Waals surface area contributed by atoms with Gasteiger partial charge < -0.3 is 15.7 Å². The Morgan fingerprint density at radius 1 is 1.14 bits per heavy atom. The van der Waals surface area contributed by atoms with Gasteiger partial charge in [0.15, 0.2) is 0 Å². The van der Waals surface area contributed by atoms with Gasteiger partial charge in [0.2, 0.25) is 0 Å². The molecular formula is C16H13FN2O2. The van der Waals surface area contributed by atoms with Gasteiger partial charge in [-0.2, -0.15) is 0 Å². The summed E-state index contributed by atoms with van der Waals surface area (Å²) in [7, 11) is 0. The van der Waals surface area contributed by atoms with Gasteiger partial charge in [0.1, 0.15) is 12.4 Å². The van der Waals surface area contributed by atoms with E-state index in [4.69, 9.17) is 5.11 Å². The summed E-state index contributed by atoms with van der Waals surface area (Å²) in [5.74, 6) is 4.75. The Morgan fingerprint density at radius 2 is 1.95 bits per heavy atom. The van der Waals surface area contributed by atoms with E-state index in [2.05, 4.69) is 22.5 Å². The lowest BCUT2D eigenvalue weighted by atomic mass is 10.2. The maximum absolute atomic E-state index is 13.4. The van der Waals surface area contributed by atoms with Crippen LogP contribution in [-0.2, 0) is 0 Å². The van der Waals surface area contributed by atoms with Crippen molar-refractivity contribution in [3.8, 4) is 11.8 Å². The Labute approximate surface area is 121 Å². The molecule has 4 nitrogen and oxygen atoms in total. The predicted octanol–water partition coefficient (Wildman–Crippen LogP) is 2.81. The number of aliphatic hydroxyl groups excluding tert-OH is 1. The number of urea groups is 1. The number of rotatable bonds is 2. The molecule has 0 aromatic heterocycles. The summed E-state index contributed by atoms with van der Waals surface area (Å²) in [6, 6.07) is 12.2. The highest BCUT2D eigenvalue weighted by molar-refractivity contribution is 5.99. The zero-order valence-corrected chi connectivity index (χ0v) is 11.1. The Morgan fingerprint density at radius 3 is 2.71 bits per heavy atom. The van der Waals surface area contributed by atoms with E-state index in [0.717, 1.165) is 0 Å². The van der Waals surface area contributed by atoms with E-state index in [0.29, 0.717) is 11.3 Å². The van der Waals surface area contributed by atoms with Crippen LogP contribution in [0.2, 0.25) is 0 Å². The molecule has 0 fully saturated rings. The molecule has 0 radical (unpaired) electrons. The lowest BCUT2D eigenvalue weighted by Gasteiger charge is -2.08. The largest absolute Gasteiger partial charge is 0.384 e. The van der Waals surface area contributed by atoms with Crippen molar-refractivity contribution in [1.82, 2.24) is 0 Å². The van der Waals surface area contributed by atoms with E-state index >= 15 is 0 Å². The van der Waals surface area contributed by atoms with E-state index in [9.17, 15) is 9.18 Å². The second-order valence-electron chi connectivity index (χ2n) is 4.10. The zero-order valence-electron chi connectivity index (χ0n) is 11.1. The summed E-state index contributed by atoms with van der Waals surface area (Å²) >= 11 is 0. The fraction of sp³-hybridized carbons (Fsp3) is 0.0625. The van der Waals surface area contributed by atoms with Crippen LogP contribution in [0.25, 0.3) is 0 Å². The van der Waals surface area contributed by atoms with Crippen LogP contribution in [0.1, 0.15) is 5.56 Å². The third-order valence-electron chi connectivity index (χ3n) is 2.55. The summed E-state index contributed by atoms with van der Waals surface area (Å²) < 4.78 is 13.4. The molecule has 2 aromatic carbocycles. The maximum atomic E-state index is 13.4. The molecule has 106 valence electrons. The van der Waals surface area contributed by atoms with E-state index in [-0.39, 0.29) is 12.3 Å². The number of carbonyl (C=O) groups is 1. The number of halogens is 1. The molecule has 0 heterocycles. The van der Waals surface area contributed by atoms with E-state index in [1.54, 1.807) is 36.4 Å². The minimum atomic E-state index is -0.549. The van der Waals surface area contributed by atoms with Gasteiger partial charge in [-0.25, -0.2) is 9.18 Å². The van der Waals surface area contributed by atoms with Crippen molar-refractivity contribution in [2.75, 3.05) is 17.2 Å². The zero-order chi connectivity index (χ0) is 15.1. The summed E-state index contributed by atoms with van der Waals surface area (Å²) in [6.07, 6.45) is 0. The first kappa shape index (κ1) is 14.6. The average molecular weight is 284 g/mol. The van der Waals surface area contributed by atoms with Crippen LogP contribution in [0.4, 0.5) is 20.6 Å². The smallest absolute Gasteiger partial charge is 0.323 e. The summed E-state index contributed by atoms with van der Waals surface area (Å²) in [5, 5.41) is 13.7. The molecule has 2 rings (SSSR count). The Bertz CT molecular complexity index is 705. The first-order valence-electron chi connectivity index (χ1n) is 6.21. The van der Waals surface area contributed by atoms with Crippen LogP contribution in [0.5, 0.6) is 0 Å². The molecular weight excluding hydrogens is 271 g/mol. The van der Waals surface area contributed by atoms with Gasteiger partial charge in [-0.15, -0.1) is 0 Å². The highest BCUT2D eigenvalue weighted by Crippen LogP contribution is 2.14. The quantitative estimate of drug-likeness (QED) is 0.743. The highest BCUT2D eigenvalue weighted by Gasteiger charge is 2.06. The molecule has 0 spiro atoms. The van der Waals surface area contributed by atoms with Crippen molar-refractivity contribution in [1.29, 1.82) is 0 Å². The molecule has 0 aliphatic rings. The van der Waals surface area contributed by atoms with Crippen molar-refractivity contribution in [2.45, 2.75) is 0 Å². The minimum absolute atomic E-state index is 0.103. The van der Waals surface area contributed by atoms with Crippen molar-refractivity contribution in [3.05, 3.63) is 59.9 Å². The summed E-state index contributed by atoms with van der Waals surface area (Å²) in [5.41, 5.74) is 1.28. The van der Waals surface area contributed by atoms with Gasteiger partial charge in [0.05, 0.1) is 5.69 Å². The standard InChI is InChI=1S/C16H13FN2O2/c17-14-8-1-2-9-15(14)19-16(21)18-13-7-3-5-12(11-13)6-4-10-20/h1-3,5,7-9,11,20H,10H2,(H2,18,19,21). The van der Waals surface area contributed by atoms with Crippen molar-refractivity contribution in [3.63, 3.8) is 0 Å². The Balaban J connectivity index is 2.04. The summed E-state index contributed by atoms with van der Waals surface area (Å²) in [6.45, 7) is -0.231. The van der Waals surface area contributed by atoms with Crippen molar-refractivity contribution < 1.29 is 14.3 Å². The first-order chi connectivity index (χ1) is 10.2. The van der Waals surface area contributed by atoms with Crippen LogP contribution in [-0.4, -0.2) is 17.7 Å². The van der Waals surface area contributed by atoms with Gasteiger partial charge in [-0.3, -0.25) is 0 Å². The molecule has 3 N–H and O–H groups in total. The summed E-state index contributed by atoms with van der Waals surface area (Å²) in [4.78, 5) is 11.8. The van der Waals surface area contributed by atoms with Crippen LogP contribution in [0.3, 0.4) is 0 Å². The number of hydrogen-bond acceptors (Lipinski definition) is 2. The molecule has 0 saturated carbocycles. The monoisotopic (exact) mass is 284 g/mol. The predicted molar refractivity (Wildman–Crippen MR) is 79.4 cm³/mol. The molecule has 0 bridgehead atoms. The van der Waals surface area contributed by atoms with Crippen molar-refractivity contribution in [2.24, 2.45) is 0 Å². The third kappa shape index (κ3) is 4.34. The van der Waals surface area contributed by atoms with Gasteiger partial charge in [0, 0.05) is 11.3 Å². The number of nitrogens with one attached hydrogen (secondary N) is 2. The fourth-order valence-electron chi connectivity index (χ4n) is 1.66. The molecule has 0 aliphatic carbocycles. The van der Waals surface area contributed by atoms with Crippen molar-refractivity contribution >= 4 is 17.4 Å². The fourth-order valence-corrected chi connectivity index (χ4v) is 1.66. The Hall–Kier alpha value is -2.84. The number of amides is 2. The van der Waals surface area contributed by atoms with Crippen LogP contribution in [0, 0.1) is 17.7 Å². The lowest BCUT2D eigenvalue weighted by molar-refractivity contribution is 0.262. The number of para-hydroxylation sites is 1. The molecule has 2 amide bonds. The number of carbonyl (C=O) groups excluding carboxylic acids is 1. The van der Waals surface area contributed by atoms with Crippen LogP contribution in [0.15, 0.2) is 48.5 Å². The van der Waals surface area contributed by atoms with Crippen LogP contribution >= 0.6 is 0 Å². The molecule has 21 heavy (non-hydrogen) atoms. The number of aliphatic hydroxyl groups is 1. The highest BCUT2D eigenvalue weighted by atomic mass is 19.1. The lowest BCUT2D eigenvalue weighted by Crippen LogP contribution is -2.20. The average Bonchev–Trinajstić information content (AvgIpc) is 2.48. The van der Waals surface area contributed by atoms with Crippen LogP contribution < -0.4 is 10.6 Å². The minimum Gasteiger partial charge on any atom is -0.384 e. The molecule has 0 aliphatic heterocycles. The molecule has 5 heteroatoms. The molecule has 0 saturated heterocycles. The topological polar surface area (TPSA) is 61.4 Å². The normalized spacial score (nSPS) is 9.43. The molecule has 2 aromatic rings. The second kappa shape index (κ2) is 7.08. The second-order valence-corrected chi connectivity index (χ2v) is 4.10. The maximum Gasteiger partial charge on any atom is 0.323 e. The number of hydrogen-bond donors (Lipinski definition) is 3. The van der Waals surface area contributed by atoms with E-state index in [1.807, 2.05) is 0 Å². The van der Waals surface area contributed by atoms with Gasteiger partial charge in [0.25, 0.3) is 0 Å². The third-order valence-corrected chi connectivity index (χ3v) is 2.55. The Kier molecular flexibility index (Phi) is 4.91. The number of benzene rings is 2. The van der Waals surface area contributed by atoms with Gasteiger partial charge in [-0.1, -0.05) is 30.0 Å². The number of anilines is 2. The molecule has 0 atom stereocenters. The van der Waals surface area contributed by atoms with E-state index < -0.39 is 11.8 Å².